The molecule has 0 amide bonds. The van der Waals surface area contributed by atoms with Crippen molar-refractivity contribution >= 4 is 5.96 Å². The number of nitrogens with one attached hydrogen (secondary N) is 2. The highest BCUT2D eigenvalue weighted by atomic mass is 16.5. The number of nitrogens with zero attached hydrogens (tertiary/aromatic N) is 4. The summed E-state index contributed by atoms with van der Waals surface area (Å²) in [6.45, 7) is 8.59. The first-order valence-electron chi connectivity index (χ1n) is 8.57. The standard InChI is InChI=1S/C17H30N6O/c1-5-10-18-16(19-12-15-22-21-14(2)23(15)3)20-13-17(7-6-8-17)9-11-24-4/h5H,1,6-13H2,2-4H3,(H2,18,19,20). The highest BCUT2D eigenvalue weighted by Crippen LogP contribution is 2.43. The van der Waals surface area contributed by atoms with E-state index in [4.69, 9.17) is 4.74 Å². The van der Waals surface area contributed by atoms with Gasteiger partial charge in [0.1, 0.15) is 12.4 Å². The topological polar surface area (TPSA) is 76.4 Å². The van der Waals surface area contributed by atoms with Gasteiger partial charge in [-0.3, -0.25) is 0 Å². The van der Waals surface area contributed by atoms with Crippen LogP contribution in [0.3, 0.4) is 0 Å². The average Bonchev–Trinajstić information content (AvgIpc) is 2.87. The van der Waals surface area contributed by atoms with Crippen LogP contribution in [0, 0.1) is 12.3 Å². The van der Waals surface area contributed by atoms with E-state index in [0.29, 0.717) is 18.5 Å². The molecule has 1 heterocycles. The molecule has 0 atom stereocenters. The van der Waals surface area contributed by atoms with Crippen LogP contribution in [-0.4, -0.2) is 47.5 Å². The molecular formula is C17H30N6O. The van der Waals surface area contributed by atoms with E-state index in [1.54, 1.807) is 7.11 Å². The molecule has 0 spiro atoms. The first kappa shape index (κ1) is 18.4. The van der Waals surface area contributed by atoms with Gasteiger partial charge >= 0.3 is 0 Å². The number of aryl methyl sites for hydroxylation is 1. The first-order chi connectivity index (χ1) is 11.6. The molecule has 0 unspecified atom stereocenters. The summed E-state index contributed by atoms with van der Waals surface area (Å²) in [7, 11) is 3.72. The summed E-state index contributed by atoms with van der Waals surface area (Å²) in [5.74, 6) is 2.53. The van der Waals surface area contributed by atoms with E-state index < -0.39 is 0 Å². The Labute approximate surface area is 144 Å². The van der Waals surface area contributed by atoms with Gasteiger partial charge in [-0.15, -0.1) is 16.8 Å². The van der Waals surface area contributed by atoms with Crippen molar-refractivity contribution in [3.05, 3.63) is 24.3 Å². The van der Waals surface area contributed by atoms with Crippen LogP contribution < -0.4 is 10.6 Å². The lowest BCUT2D eigenvalue weighted by atomic mass is 9.67. The van der Waals surface area contributed by atoms with Crippen molar-refractivity contribution in [1.82, 2.24) is 25.4 Å². The van der Waals surface area contributed by atoms with Crippen molar-refractivity contribution in [3.63, 3.8) is 0 Å². The van der Waals surface area contributed by atoms with Gasteiger partial charge in [-0.05, 0) is 31.6 Å². The Morgan fingerprint density at radius 1 is 1.42 bits per heavy atom. The molecule has 134 valence electrons. The van der Waals surface area contributed by atoms with Gasteiger partial charge in [0.25, 0.3) is 0 Å². The van der Waals surface area contributed by atoms with Crippen LogP contribution in [0.2, 0.25) is 0 Å². The van der Waals surface area contributed by atoms with Crippen molar-refractivity contribution in [2.24, 2.45) is 17.5 Å². The first-order valence-corrected chi connectivity index (χ1v) is 8.57. The number of rotatable bonds is 9. The van der Waals surface area contributed by atoms with Gasteiger partial charge in [-0.1, -0.05) is 12.5 Å². The van der Waals surface area contributed by atoms with Crippen LogP contribution in [0.1, 0.15) is 37.3 Å². The Morgan fingerprint density at radius 3 is 2.75 bits per heavy atom. The number of hydrogen-bond donors (Lipinski definition) is 2. The van der Waals surface area contributed by atoms with E-state index in [-0.39, 0.29) is 0 Å². The number of aromatic nitrogens is 3. The van der Waals surface area contributed by atoms with Gasteiger partial charge in [0, 0.05) is 33.9 Å². The highest BCUT2D eigenvalue weighted by molar-refractivity contribution is 5.79. The number of ether oxygens (including phenoxy) is 1. The predicted molar refractivity (Wildman–Crippen MR) is 95.9 cm³/mol. The Kier molecular flexibility index (Phi) is 6.78. The van der Waals surface area contributed by atoms with Crippen LogP contribution >= 0.6 is 0 Å². The van der Waals surface area contributed by atoms with Crippen molar-refractivity contribution in [2.75, 3.05) is 26.8 Å². The Morgan fingerprint density at radius 2 is 2.21 bits per heavy atom. The van der Waals surface area contributed by atoms with E-state index in [9.17, 15) is 0 Å². The molecule has 1 aromatic heterocycles. The minimum atomic E-state index is 0.341. The molecule has 24 heavy (non-hydrogen) atoms. The van der Waals surface area contributed by atoms with Gasteiger partial charge in [0.2, 0.25) is 0 Å². The van der Waals surface area contributed by atoms with E-state index in [2.05, 4.69) is 32.4 Å². The monoisotopic (exact) mass is 334 g/mol. The quantitative estimate of drug-likeness (QED) is 0.407. The van der Waals surface area contributed by atoms with Crippen LogP contribution in [0.15, 0.2) is 17.6 Å². The molecule has 0 radical (unpaired) electrons. The fourth-order valence-corrected chi connectivity index (χ4v) is 2.86. The second-order valence-corrected chi connectivity index (χ2v) is 6.51. The summed E-state index contributed by atoms with van der Waals surface area (Å²) in [5.41, 5.74) is 0.341. The summed E-state index contributed by atoms with van der Waals surface area (Å²) in [6.07, 6.45) is 6.72. The minimum absolute atomic E-state index is 0.341. The molecular weight excluding hydrogens is 304 g/mol. The summed E-state index contributed by atoms with van der Waals surface area (Å²) < 4.78 is 7.22. The number of guanidine groups is 1. The summed E-state index contributed by atoms with van der Waals surface area (Å²) >= 11 is 0. The molecule has 0 saturated heterocycles. The summed E-state index contributed by atoms with van der Waals surface area (Å²) in [5, 5.41) is 15.0. The molecule has 0 bridgehead atoms. The number of hydrogen-bond acceptors (Lipinski definition) is 4. The highest BCUT2D eigenvalue weighted by Gasteiger charge is 2.36. The molecule has 0 aliphatic heterocycles. The molecule has 7 heteroatoms. The third-order valence-electron chi connectivity index (χ3n) is 4.86. The van der Waals surface area contributed by atoms with Crippen molar-refractivity contribution in [3.8, 4) is 0 Å². The number of aliphatic imine (C=N–C) groups is 1. The Bertz CT molecular complexity index is 561. The number of methoxy groups -OCH3 is 1. The zero-order valence-corrected chi connectivity index (χ0v) is 15.1. The summed E-state index contributed by atoms with van der Waals surface area (Å²) in [4.78, 5) is 4.64. The van der Waals surface area contributed by atoms with Gasteiger partial charge in [-0.25, -0.2) is 4.99 Å². The second-order valence-electron chi connectivity index (χ2n) is 6.51. The average molecular weight is 334 g/mol. The zero-order chi connectivity index (χ0) is 17.4. The molecule has 7 nitrogen and oxygen atoms in total. The molecule has 2 N–H and O–H groups in total. The normalized spacial score (nSPS) is 16.5. The fraction of sp³-hybridized carbons (Fsp3) is 0.706. The van der Waals surface area contributed by atoms with E-state index in [1.807, 2.05) is 24.6 Å². The van der Waals surface area contributed by atoms with E-state index in [1.165, 1.54) is 19.3 Å². The van der Waals surface area contributed by atoms with Gasteiger partial charge in [0.15, 0.2) is 11.8 Å². The maximum atomic E-state index is 5.26. The Hall–Kier alpha value is -1.89. The van der Waals surface area contributed by atoms with Crippen LogP contribution in [0.4, 0.5) is 0 Å². The molecule has 0 aromatic carbocycles. The molecule has 2 rings (SSSR count). The van der Waals surface area contributed by atoms with Crippen LogP contribution in [0.25, 0.3) is 0 Å². The zero-order valence-electron chi connectivity index (χ0n) is 15.1. The lowest BCUT2D eigenvalue weighted by molar-refractivity contribution is 0.0732. The fourth-order valence-electron chi connectivity index (χ4n) is 2.86. The van der Waals surface area contributed by atoms with E-state index in [0.717, 1.165) is 37.2 Å². The molecule has 1 fully saturated rings. The van der Waals surface area contributed by atoms with Gasteiger partial charge in [0.05, 0.1) is 0 Å². The SMILES string of the molecule is C=CCNC(=NCc1nnc(C)n1C)NCC1(CCOC)CCC1. The van der Waals surface area contributed by atoms with Crippen LogP contribution in [-0.2, 0) is 18.3 Å². The maximum absolute atomic E-state index is 5.26. The third kappa shape index (κ3) is 4.80. The lowest BCUT2D eigenvalue weighted by Gasteiger charge is -2.42. The largest absolute Gasteiger partial charge is 0.385 e. The minimum Gasteiger partial charge on any atom is -0.385 e. The van der Waals surface area contributed by atoms with Gasteiger partial charge in [-0.2, -0.15) is 0 Å². The van der Waals surface area contributed by atoms with Gasteiger partial charge < -0.3 is 19.9 Å². The van der Waals surface area contributed by atoms with Crippen LogP contribution in [0.5, 0.6) is 0 Å². The maximum Gasteiger partial charge on any atom is 0.191 e. The van der Waals surface area contributed by atoms with Crippen molar-refractivity contribution < 1.29 is 4.74 Å². The summed E-state index contributed by atoms with van der Waals surface area (Å²) in [6, 6.07) is 0. The Balaban J connectivity index is 1.95. The molecule has 1 saturated carbocycles. The molecule has 1 aromatic rings. The smallest absolute Gasteiger partial charge is 0.191 e. The predicted octanol–water partition coefficient (Wildman–Crippen LogP) is 1.55. The van der Waals surface area contributed by atoms with Crippen molar-refractivity contribution in [2.45, 2.75) is 39.2 Å². The van der Waals surface area contributed by atoms with Crippen molar-refractivity contribution in [1.29, 1.82) is 0 Å². The lowest BCUT2D eigenvalue weighted by Crippen LogP contribution is -2.47. The molecule has 1 aliphatic rings. The van der Waals surface area contributed by atoms with E-state index >= 15 is 0 Å². The molecule has 1 aliphatic carbocycles. The third-order valence-corrected chi connectivity index (χ3v) is 4.86. The second kappa shape index (κ2) is 8.82.